The molecule has 1 atom stereocenters. The zero-order chi connectivity index (χ0) is 14.0. The number of hydrogen-bond acceptors (Lipinski definition) is 2. The van der Waals surface area contributed by atoms with Crippen LogP contribution >= 0.6 is 15.9 Å². The molecule has 2 rings (SSSR count). The highest BCUT2D eigenvalue weighted by atomic mass is 79.9. The second-order valence-electron chi connectivity index (χ2n) is 4.80. The molecule has 0 bridgehead atoms. The van der Waals surface area contributed by atoms with Crippen molar-refractivity contribution in [2.45, 2.75) is 25.8 Å². The summed E-state index contributed by atoms with van der Waals surface area (Å²) in [4.78, 5) is 3.99. The lowest BCUT2D eigenvalue weighted by Crippen LogP contribution is -2.15. The highest BCUT2D eigenvalue weighted by molar-refractivity contribution is 9.10. The Bertz CT molecular complexity index is 584. The van der Waals surface area contributed by atoms with Gasteiger partial charge in [-0.15, -0.1) is 0 Å². The number of nitrogens with zero attached hydrogens (tertiary/aromatic N) is 1. The van der Waals surface area contributed by atoms with E-state index in [-0.39, 0.29) is 5.92 Å². The number of halogens is 2. The van der Waals surface area contributed by atoms with Gasteiger partial charge in [-0.2, -0.15) is 4.39 Å². The van der Waals surface area contributed by atoms with E-state index in [9.17, 15) is 4.39 Å². The van der Waals surface area contributed by atoms with Crippen molar-refractivity contribution in [1.82, 2.24) is 4.98 Å². The summed E-state index contributed by atoms with van der Waals surface area (Å²) in [5.74, 6) is -0.318. The molecule has 0 aliphatic carbocycles. The van der Waals surface area contributed by atoms with Crippen LogP contribution in [0.2, 0.25) is 0 Å². The van der Waals surface area contributed by atoms with Gasteiger partial charge in [0.2, 0.25) is 5.95 Å². The molecule has 1 aromatic heterocycles. The van der Waals surface area contributed by atoms with E-state index in [0.717, 1.165) is 10.0 Å². The average molecular weight is 323 g/mol. The molecule has 2 aromatic rings. The van der Waals surface area contributed by atoms with Gasteiger partial charge in [0.1, 0.15) is 0 Å². The van der Waals surface area contributed by atoms with Crippen molar-refractivity contribution in [1.29, 1.82) is 0 Å². The third-order valence-electron chi connectivity index (χ3n) is 3.05. The van der Waals surface area contributed by atoms with Crippen LogP contribution in [-0.2, 0) is 0 Å². The highest BCUT2D eigenvalue weighted by Crippen LogP contribution is 2.24. The fourth-order valence-electron chi connectivity index (χ4n) is 1.93. The van der Waals surface area contributed by atoms with Crippen LogP contribution in [0.15, 0.2) is 40.9 Å². The fraction of sp³-hybridized carbons (Fsp3) is 0.267. The number of rotatable bonds is 3. The minimum atomic E-state index is -0.432. The monoisotopic (exact) mass is 322 g/mol. The van der Waals surface area contributed by atoms with Gasteiger partial charge in [-0.1, -0.05) is 48.0 Å². The zero-order valence-corrected chi connectivity index (χ0v) is 12.5. The summed E-state index contributed by atoms with van der Waals surface area (Å²) >= 11 is 3.40. The molecule has 2 N–H and O–H groups in total. The molecule has 100 valence electrons. The molecule has 0 radical (unpaired) electrons. The third-order valence-corrected chi connectivity index (χ3v) is 3.54. The standard InChI is InChI=1S/C15H16BrFN2/c1-9(2)12-6-7-13(19-15(12)17)14(18)10-4-3-5-11(16)8-10/h3-9,14H,18H2,1-2H3. The maximum atomic E-state index is 13.9. The molecule has 0 fully saturated rings. The van der Waals surface area contributed by atoms with Crippen LogP contribution in [0.5, 0.6) is 0 Å². The first-order chi connectivity index (χ1) is 8.99. The lowest BCUT2D eigenvalue weighted by molar-refractivity contribution is 0.546. The normalized spacial score (nSPS) is 12.7. The smallest absolute Gasteiger partial charge is 0.216 e. The predicted octanol–water partition coefficient (Wildman–Crippen LogP) is 4.15. The van der Waals surface area contributed by atoms with E-state index in [4.69, 9.17) is 5.73 Å². The van der Waals surface area contributed by atoms with Crippen molar-refractivity contribution in [3.05, 3.63) is 63.6 Å². The van der Waals surface area contributed by atoms with Crippen LogP contribution in [0.1, 0.15) is 42.6 Å². The molecule has 1 heterocycles. The second kappa shape index (κ2) is 5.80. The van der Waals surface area contributed by atoms with Gasteiger partial charge in [0.05, 0.1) is 11.7 Å². The SMILES string of the molecule is CC(C)c1ccc(C(N)c2cccc(Br)c2)nc1F. The van der Waals surface area contributed by atoms with E-state index in [0.29, 0.717) is 11.3 Å². The molecule has 1 aromatic carbocycles. The van der Waals surface area contributed by atoms with Crippen molar-refractivity contribution in [3.8, 4) is 0 Å². The molecule has 1 unspecified atom stereocenters. The Balaban J connectivity index is 2.34. The van der Waals surface area contributed by atoms with E-state index >= 15 is 0 Å². The summed E-state index contributed by atoms with van der Waals surface area (Å²) in [6, 6.07) is 10.8. The van der Waals surface area contributed by atoms with Gasteiger partial charge in [0.25, 0.3) is 0 Å². The van der Waals surface area contributed by atoms with Crippen LogP contribution in [-0.4, -0.2) is 4.98 Å². The van der Waals surface area contributed by atoms with Crippen LogP contribution < -0.4 is 5.73 Å². The predicted molar refractivity (Wildman–Crippen MR) is 78.5 cm³/mol. The van der Waals surface area contributed by atoms with Crippen molar-refractivity contribution in [3.63, 3.8) is 0 Å². The first kappa shape index (κ1) is 14.2. The minimum Gasteiger partial charge on any atom is -0.319 e. The quantitative estimate of drug-likeness (QED) is 0.862. The maximum Gasteiger partial charge on any atom is 0.216 e. The van der Waals surface area contributed by atoms with Gasteiger partial charge in [-0.25, -0.2) is 4.98 Å². The lowest BCUT2D eigenvalue weighted by Gasteiger charge is -2.14. The molecular formula is C15H16BrFN2. The molecule has 4 heteroatoms. The Hall–Kier alpha value is -1.26. The Labute approximate surface area is 121 Å². The van der Waals surface area contributed by atoms with Crippen LogP contribution in [0.3, 0.4) is 0 Å². The Kier molecular flexibility index (Phi) is 4.32. The Morgan fingerprint density at radius 3 is 2.53 bits per heavy atom. The van der Waals surface area contributed by atoms with Gasteiger partial charge < -0.3 is 5.73 Å². The minimum absolute atomic E-state index is 0.114. The summed E-state index contributed by atoms with van der Waals surface area (Å²) in [6.45, 7) is 3.88. The average Bonchev–Trinajstić information content (AvgIpc) is 2.37. The zero-order valence-electron chi connectivity index (χ0n) is 10.9. The van der Waals surface area contributed by atoms with Crippen molar-refractivity contribution in [2.24, 2.45) is 5.73 Å². The molecular weight excluding hydrogens is 307 g/mol. The summed E-state index contributed by atoms with van der Waals surface area (Å²) in [5, 5.41) is 0. The van der Waals surface area contributed by atoms with Gasteiger partial charge >= 0.3 is 0 Å². The maximum absolute atomic E-state index is 13.9. The summed E-state index contributed by atoms with van der Waals surface area (Å²) in [5.41, 5.74) is 8.19. The molecule has 0 amide bonds. The van der Waals surface area contributed by atoms with Crippen LogP contribution in [0, 0.1) is 5.95 Å². The van der Waals surface area contributed by atoms with Crippen LogP contribution in [0.25, 0.3) is 0 Å². The number of pyridine rings is 1. The Morgan fingerprint density at radius 1 is 1.21 bits per heavy atom. The van der Waals surface area contributed by atoms with E-state index in [1.165, 1.54) is 0 Å². The van der Waals surface area contributed by atoms with Crippen molar-refractivity contribution < 1.29 is 4.39 Å². The molecule has 0 spiro atoms. The van der Waals surface area contributed by atoms with Gasteiger partial charge in [-0.3, -0.25) is 0 Å². The van der Waals surface area contributed by atoms with Gasteiger partial charge in [-0.05, 0) is 29.7 Å². The number of hydrogen-bond donors (Lipinski definition) is 1. The van der Waals surface area contributed by atoms with Crippen LogP contribution in [0.4, 0.5) is 4.39 Å². The van der Waals surface area contributed by atoms with Crippen molar-refractivity contribution >= 4 is 15.9 Å². The number of benzene rings is 1. The lowest BCUT2D eigenvalue weighted by atomic mass is 10.0. The number of nitrogens with two attached hydrogens (primary N) is 1. The molecule has 2 nitrogen and oxygen atoms in total. The van der Waals surface area contributed by atoms with E-state index in [2.05, 4.69) is 20.9 Å². The first-order valence-electron chi connectivity index (χ1n) is 6.16. The summed E-state index contributed by atoms with van der Waals surface area (Å²) in [7, 11) is 0. The first-order valence-corrected chi connectivity index (χ1v) is 6.95. The topological polar surface area (TPSA) is 38.9 Å². The van der Waals surface area contributed by atoms with E-state index in [1.54, 1.807) is 12.1 Å². The van der Waals surface area contributed by atoms with Crippen molar-refractivity contribution in [2.75, 3.05) is 0 Å². The van der Waals surface area contributed by atoms with E-state index < -0.39 is 12.0 Å². The highest BCUT2D eigenvalue weighted by Gasteiger charge is 2.14. The third kappa shape index (κ3) is 3.19. The fourth-order valence-corrected chi connectivity index (χ4v) is 2.35. The second-order valence-corrected chi connectivity index (χ2v) is 5.72. The summed E-state index contributed by atoms with van der Waals surface area (Å²) in [6.07, 6.45) is 0. The molecule has 0 aliphatic heterocycles. The molecule has 19 heavy (non-hydrogen) atoms. The Morgan fingerprint density at radius 2 is 1.95 bits per heavy atom. The molecule has 0 saturated carbocycles. The van der Waals surface area contributed by atoms with Gasteiger partial charge in [0.15, 0.2) is 0 Å². The summed E-state index contributed by atoms with van der Waals surface area (Å²) < 4.78 is 14.8. The molecule has 0 saturated heterocycles. The number of aromatic nitrogens is 1. The van der Waals surface area contributed by atoms with E-state index in [1.807, 2.05) is 38.1 Å². The molecule has 0 aliphatic rings. The van der Waals surface area contributed by atoms with Gasteiger partial charge in [0, 0.05) is 10.0 Å². The largest absolute Gasteiger partial charge is 0.319 e.